The lowest BCUT2D eigenvalue weighted by Gasteiger charge is -2.28. The molecule has 1 fully saturated rings. The Kier molecular flexibility index (Phi) is 3.86. The third-order valence-electron chi connectivity index (χ3n) is 3.94. The number of nitrogens with zero attached hydrogens (tertiary/aromatic N) is 1. The molecule has 0 radical (unpaired) electrons. The molecule has 0 aliphatic carbocycles. The minimum atomic E-state index is -0.206. The van der Waals surface area contributed by atoms with Crippen LogP contribution < -0.4 is 5.32 Å². The molecule has 1 saturated heterocycles. The molecule has 1 aliphatic heterocycles. The Balaban J connectivity index is 1.79. The molecule has 4 nitrogen and oxygen atoms in total. The number of hydrogen-bond donors (Lipinski definition) is 2. The van der Waals surface area contributed by atoms with Crippen molar-refractivity contribution in [3.8, 4) is 0 Å². The van der Waals surface area contributed by atoms with Crippen molar-refractivity contribution in [1.82, 2.24) is 10.2 Å². The lowest BCUT2D eigenvalue weighted by molar-refractivity contribution is 0.0972. The summed E-state index contributed by atoms with van der Waals surface area (Å²) >= 11 is 0. The molecule has 0 unspecified atom stereocenters. The van der Waals surface area contributed by atoms with E-state index in [9.17, 15) is 4.79 Å². The standard InChI is InChI=1S/C17H19N3O/c18-17(20-11-4-1-5-12-20)19-16(21)15-10-6-8-13-7-2-3-9-14(13)15/h2-3,6-10H,1,4-5,11-12H2,(H2,18,19,21). The van der Waals surface area contributed by atoms with E-state index in [1.54, 1.807) is 6.07 Å². The van der Waals surface area contributed by atoms with Gasteiger partial charge in [-0.3, -0.25) is 15.5 Å². The van der Waals surface area contributed by atoms with Crippen molar-refractivity contribution in [2.24, 2.45) is 0 Å². The van der Waals surface area contributed by atoms with Gasteiger partial charge in [0.1, 0.15) is 0 Å². The highest BCUT2D eigenvalue weighted by Crippen LogP contribution is 2.18. The van der Waals surface area contributed by atoms with Crippen LogP contribution in [-0.4, -0.2) is 29.9 Å². The minimum absolute atomic E-state index is 0.206. The Bertz CT molecular complexity index is 669. The van der Waals surface area contributed by atoms with Gasteiger partial charge in [0, 0.05) is 18.7 Å². The van der Waals surface area contributed by atoms with Crippen LogP contribution >= 0.6 is 0 Å². The summed E-state index contributed by atoms with van der Waals surface area (Å²) < 4.78 is 0. The van der Waals surface area contributed by atoms with E-state index in [1.165, 1.54) is 6.42 Å². The van der Waals surface area contributed by atoms with Gasteiger partial charge in [-0.25, -0.2) is 0 Å². The molecule has 0 aromatic heterocycles. The highest BCUT2D eigenvalue weighted by Gasteiger charge is 2.17. The predicted molar refractivity (Wildman–Crippen MR) is 84.6 cm³/mol. The van der Waals surface area contributed by atoms with Gasteiger partial charge in [-0.2, -0.15) is 0 Å². The zero-order valence-corrected chi connectivity index (χ0v) is 11.9. The summed E-state index contributed by atoms with van der Waals surface area (Å²) in [4.78, 5) is 14.4. The summed E-state index contributed by atoms with van der Waals surface area (Å²) in [5, 5.41) is 12.8. The van der Waals surface area contributed by atoms with Crippen molar-refractivity contribution >= 4 is 22.6 Å². The summed E-state index contributed by atoms with van der Waals surface area (Å²) in [5.74, 6) is 0.00927. The Morgan fingerprint density at radius 2 is 1.71 bits per heavy atom. The molecule has 0 saturated carbocycles. The zero-order valence-electron chi connectivity index (χ0n) is 11.9. The molecule has 0 spiro atoms. The van der Waals surface area contributed by atoms with Gasteiger partial charge < -0.3 is 4.90 Å². The molecule has 2 aromatic rings. The molecule has 108 valence electrons. The monoisotopic (exact) mass is 281 g/mol. The number of carbonyl (C=O) groups is 1. The Hall–Kier alpha value is -2.36. The molecule has 1 aliphatic rings. The normalized spacial score (nSPS) is 15.0. The summed E-state index contributed by atoms with van der Waals surface area (Å²) in [7, 11) is 0. The molecule has 3 rings (SSSR count). The number of rotatable bonds is 1. The van der Waals surface area contributed by atoms with Crippen LogP contribution in [-0.2, 0) is 0 Å². The predicted octanol–water partition coefficient (Wildman–Crippen LogP) is 2.99. The summed E-state index contributed by atoms with van der Waals surface area (Å²) in [5.41, 5.74) is 0.620. The van der Waals surface area contributed by atoms with Crippen LogP contribution in [0, 0.1) is 5.41 Å². The fraction of sp³-hybridized carbons (Fsp3) is 0.294. The molecule has 0 bridgehead atoms. The van der Waals surface area contributed by atoms with Crippen molar-refractivity contribution < 1.29 is 4.79 Å². The highest BCUT2D eigenvalue weighted by atomic mass is 16.1. The first kappa shape index (κ1) is 13.6. The topological polar surface area (TPSA) is 56.2 Å². The van der Waals surface area contributed by atoms with Gasteiger partial charge in [0.25, 0.3) is 5.91 Å². The van der Waals surface area contributed by atoms with E-state index in [1.807, 2.05) is 41.3 Å². The molecule has 21 heavy (non-hydrogen) atoms. The number of fused-ring (bicyclic) bond motifs is 1. The minimum Gasteiger partial charge on any atom is -0.343 e. The summed E-state index contributed by atoms with van der Waals surface area (Å²) in [6, 6.07) is 13.5. The number of piperidine rings is 1. The second kappa shape index (κ2) is 5.95. The third kappa shape index (κ3) is 2.89. The molecule has 2 aromatic carbocycles. The average molecular weight is 281 g/mol. The van der Waals surface area contributed by atoms with Gasteiger partial charge in [-0.15, -0.1) is 0 Å². The van der Waals surface area contributed by atoms with Crippen LogP contribution in [0.3, 0.4) is 0 Å². The van der Waals surface area contributed by atoms with E-state index in [4.69, 9.17) is 5.41 Å². The SMILES string of the molecule is N=C(NC(=O)c1cccc2ccccc12)N1CCCCC1. The van der Waals surface area contributed by atoms with Crippen LogP contribution in [0.25, 0.3) is 10.8 Å². The number of carbonyl (C=O) groups excluding carboxylic acids is 1. The summed E-state index contributed by atoms with van der Waals surface area (Å²) in [6.45, 7) is 1.71. The van der Waals surface area contributed by atoms with Crippen molar-refractivity contribution in [2.75, 3.05) is 13.1 Å². The van der Waals surface area contributed by atoms with Crippen LogP contribution in [0.1, 0.15) is 29.6 Å². The molecular formula is C17H19N3O. The molecule has 1 amide bonds. The molecule has 1 heterocycles. The van der Waals surface area contributed by atoms with Crippen molar-refractivity contribution in [2.45, 2.75) is 19.3 Å². The molecule has 2 N–H and O–H groups in total. The fourth-order valence-electron chi connectivity index (χ4n) is 2.79. The van der Waals surface area contributed by atoms with Gasteiger partial charge in [0.2, 0.25) is 0 Å². The van der Waals surface area contributed by atoms with E-state index in [2.05, 4.69) is 5.32 Å². The first-order valence-corrected chi connectivity index (χ1v) is 7.38. The van der Waals surface area contributed by atoms with Crippen LogP contribution in [0.15, 0.2) is 42.5 Å². The van der Waals surface area contributed by atoms with Gasteiger partial charge in [0.15, 0.2) is 5.96 Å². The Labute approximate surface area is 124 Å². The highest BCUT2D eigenvalue weighted by molar-refractivity contribution is 6.12. The number of guanidine groups is 1. The summed E-state index contributed by atoms with van der Waals surface area (Å²) in [6.07, 6.45) is 3.39. The van der Waals surface area contributed by atoms with E-state index in [0.717, 1.165) is 36.7 Å². The van der Waals surface area contributed by atoms with Crippen LogP contribution in [0.2, 0.25) is 0 Å². The Morgan fingerprint density at radius 3 is 2.52 bits per heavy atom. The van der Waals surface area contributed by atoms with Gasteiger partial charge in [0.05, 0.1) is 0 Å². The average Bonchev–Trinajstić information content (AvgIpc) is 2.55. The maximum Gasteiger partial charge on any atom is 0.258 e. The number of likely N-dealkylation sites (tertiary alicyclic amines) is 1. The van der Waals surface area contributed by atoms with E-state index in [-0.39, 0.29) is 11.9 Å². The lowest BCUT2D eigenvalue weighted by Crippen LogP contribution is -2.45. The number of amides is 1. The number of nitrogens with one attached hydrogen (secondary N) is 2. The largest absolute Gasteiger partial charge is 0.343 e. The smallest absolute Gasteiger partial charge is 0.258 e. The maximum atomic E-state index is 12.4. The van der Waals surface area contributed by atoms with E-state index < -0.39 is 0 Å². The van der Waals surface area contributed by atoms with Crippen molar-refractivity contribution in [3.63, 3.8) is 0 Å². The number of hydrogen-bond acceptors (Lipinski definition) is 2. The van der Waals surface area contributed by atoms with Gasteiger partial charge in [-0.05, 0) is 36.1 Å². The quantitative estimate of drug-likeness (QED) is 0.623. The van der Waals surface area contributed by atoms with Crippen LogP contribution in [0.4, 0.5) is 0 Å². The van der Waals surface area contributed by atoms with Crippen molar-refractivity contribution in [3.05, 3.63) is 48.0 Å². The number of benzene rings is 2. The molecule has 0 atom stereocenters. The first-order valence-electron chi connectivity index (χ1n) is 7.38. The second-order valence-corrected chi connectivity index (χ2v) is 5.38. The Morgan fingerprint density at radius 1 is 1.00 bits per heavy atom. The van der Waals surface area contributed by atoms with E-state index >= 15 is 0 Å². The van der Waals surface area contributed by atoms with Gasteiger partial charge in [-0.1, -0.05) is 36.4 Å². The fourth-order valence-corrected chi connectivity index (χ4v) is 2.79. The molecule has 4 heteroatoms. The molecular weight excluding hydrogens is 262 g/mol. The lowest BCUT2D eigenvalue weighted by atomic mass is 10.0. The van der Waals surface area contributed by atoms with Crippen LogP contribution in [0.5, 0.6) is 0 Å². The maximum absolute atomic E-state index is 12.4. The third-order valence-corrected chi connectivity index (χ3v) is 3.94. The van der Waals surface area contributed by atoms with Crippen molar-refractivity contribution in [1.29, 1.82) is 5.41 Å². The second-order valence-electron chi connectivity index (χ2n) is 5.38. The zero-order chi connectivity index (χ0) is 14.7. The first-order chi connectivity index (χ1) is 10.3. The van der Waals surface area contributed by atoms with E-state index in [0.29, 0.717) is 5.56 Å². The van der Waals surface area contributed by atoms with Gasteiger partial charge >= 0.3 is 0 Å².